The van der Waals surface area contributed by atoms with Gasteiger partial charge in [-0.05, 0) is 39.6 Å². The van der Waals surface area contributed by atoms with Crippen molar-refractivity contribution in [1.82, 2.24) is 4.90 Å². The summed E-state index contributed by atoms with van der Waals surface area (Å²) in [5.74, 6) is 0. The second-order valence-electron chi connectivity index (χ2n) is 4.42. The Bertz CT molecular complexity index is 391. The normalized spacial score (nSPS) is 12.2. The Kier molecular flexibility index (Phi) is 4.33. The molecule has 1 atom stereocenters. The average molecular weight is 217 g/mol. The van der Waals surface area contributed by atoms with E-state index in [0.717, 1.165) is 17.8 Å². The third-order valence-corrected chi connectivity index (χ3v) is 2.42. The molecule has 1 unspecified atom stereocenters. The Morgan fingerprint density at radius 2 is 2.12 bits per heavy atom. The highest BCUT2D eigenvalue weighted by atomic mass is 15.1. The molecule has 0 amide bonds. The van der Waals surface area contributed by atoms with Crippen LogP contribution in [0.1, 0.15) is 18.1 Å². The summed E-state index contributed by atoms with van der Waals surface area (Å²) in [5.41, 5.74) is 2.79. The van der Waals surface area contributed by atoms with Gasteiger partial charge in [-0.2, -0.15) is 5.26 Å². The van der Waals surface area contributed by atoms with Crippen LogP contribution in [0.2, 0.25) is 0 Å². The van der Waals surface area contributed by atoms with Crippen molar-refractivity contribution in [3.63, 3.8) is 0 Å². The van der Waals surface area contributed by atoms with Crippen LogP contribution in [0.25, 0.3) is 0 Å². The van der Waals surface area contributed by atoms with Crippen molar-refractivity contribution in [3.8, 4) is 6.07 Å². The second-order valence-corrected chi connectivity index (χ2v) is 4.42. The summed E-state index contributed by atoms with van der Waals surface area (Å²) < 4.78 is 0. The average Bonchev–Trinajstić information content (AvgIpc) is 2.20. The molecule has 1 N–H and O–H groups in total. The van der Waals surface area contributed by atoms with Gasteiger partial charge in [0.15, 0.2) is 0 Å². The predicted molar refractivity (Wildman–Crippen MR) is 67.5 cm³/mol. The van der Waals surface area contributed by atoms with Gasteiger partial charge in [-0.1, -0.05) is 12.1 Å². The van der Waals surface area contributed by atoms with Crippen molar-refractivity contribution in [2.75, 3.05) is 26.0 Å². The van der Waals surface area contributed by atoms with Crippen LogP contribution in [-0.4, -0.2) is 31.6 Å². The maximum atomic E-state index is 9.04. The molecule has 0 heterocycles. The molecule has 3 heteroatoms. The van der Waals surface area contributed by atoms with Gasteiger partial charge in [-0.15, -0.1) is 0 Å². The molecule has 0 bridgehead atoms. The number of nitrogens with one attached hydrogen (secondary N) is 1. The Balaban J connectivity index is 2.84. The van der Waals surface area contributed by atoms with Crippen LogP contribution in [-0.2, 0) is 0 Å². The first kappa shape index (κ1) is 12.5. The highest BCUT2D eigenvalue weighted by molar-refractivity contribution is 5.62. The zero-order valence-electron chi connectivity index (χ0n) is 10.4. The number of rotatable bonds is 4. The highest BCUT2D eigenvalue weighted by Crippen LogP contribution is 2.20. The minimum absolute atomic E-state index is 0.322. The maximum absolute atomic E-state index is 9.04. The molecule has 0 aliphatic rings. The zero-order chi connectivity index (χ0) is 12.1. The first-order valence-electron chi connectivity index (χ1n) is 5.45. The highest BCUT2D eigenvalue weighted by Gasteiger charge is 2.09. The van der Waals surface area contributed by atoms with E-state index in [1.54, 1.807) is 0 Å². The maximum Gasteiger partial charge on any atom is 0.101 e. The number of anilines is 1. The number of para-hydroxylation sites is 1. The van der Waals surface area contributed by atoms with Gasteiger partial charge in [0.05, 0.1) is 11.3 Å². The molecule has 0 aliphatic heterocycles. The first-order valence-corrected chi connectivity index (χ1v) is 5.45. The van der Waals surface area contributed by atoms with Crippen LogP contribution in [0.4, 0.5) is 5.69 Å². The van der Waals surface area contributed by atoms with E-state index in [-0.39, 0.29) is 0 Å². The summed E-state index contributed by atoms with van der Waals surface area (Å²) in [4.78, 5) is 2.13. The molecule has 3 nitrogen and oxygen atoms in total. The standard InChI is InChI=1S/C13H19N3/c1-10-6-5-7-12(8-14)13(10)15-11(2)9-16(3)4/h5-7,11,15H,9H2,1-4H3. The summed E-state index contributed by atoms with van der Waals surface area (Å²) in [6.07, 6.45) is 0. The Hall–Kier alpha value is -1.53. The smallest absolute Gasteiger partial charge is 0.101 e. The van der Waals surface area contributed by atoms with E-state index in [4.69, 9.17) is 5.26 Å². The lowest BCUT2D eigenvalue weighted by Gasteiger charge is -2.21. The van der Waals surface area contributed by atoms with Crippen molar-refractivity contribution >= 4 is 5.69 Å². The minimum Gasteiger partial charge on any atom is -0.380 e. The number of nitrogens with zero attached hydrogens (tertiary/aromatic N) is 2. The third kappa shape index (κ3) is 3.25. The van der Waals surface area contributed by atoms with Gasteiger partial charge in [0.25, 0.3) is 0 Å². The number of hydrogen-bond acceptors (Lipinski definition) is 3. The van der Waals surface area contributed by atoms with Gasteiger partial charge in [-0.3, -0.25) is 0 Å². The molecule has 1 aromatic carbocycles. The van der Waals surface area contributed by atoms with Gasteiger partial charge in [0.1, 0.15) is 6.07 Å². The topological polar surface area (TPSA) is 39.1 Å². The van der Waals surface area contributed by atoms with Crippen molar-refractivity contribution in [1.29, 1.82) is 5.26 Å². The van der Waals surface area contributed by atoms with E-state index >= 15 is 0 Å². The molecule has 0 fully saturated rings. The van der Waals surface area contributed by atoms with Crippen LogP contribution in [0.3, 0.4) is 0 Å². The summed E-state index contributed by atoms with van der Waals surface area (Å²) in [6, 6.07) is 8.32. The Morgan fingerprint density at radius 1 is 1.44 bits per heavy atom. The van der Waals surface area contributed by atoms with Crippen molar-refractivity contribution in [2.45, 2.75) is 19.9 Å². The lowest BCUT2D eigenvalue weighted by atomic mass is 10.1. The monoisotopic (exact) mass is 217 g/mol. The molecular weight excluding hydrogens is 198 g/mol. The zero-order valence-corrected chi connectivity index (χ0v) is 10.4. The lowest BCUT2D eigenvalue weighted by Crippen LogP contribution is -2.30. The molecule has 0 saturated heterocycles. The summed E-state index contributed by atoms with van der Waals surface area (Å²) in [5, 5.41) is 12.4. The Morgan fingerprint density at radius 3 is 2.69 bits per heavy atom. The number of benzene rings is 1. The van der Waals surface area contributed by atoms with E-state index in [9.17, 15) is 0 Å². The van der Waals surface area contributed by atoms with Crippen molar-refractivity contribution < 1.29 is 0 Å². The second kappa shape index (κ2) is 5.53. The molecule has 86 valence electrons. The molecule has 0 radical (unpaired) electrons. The van der Waals surface area contributed by atoms with E-state index in [2.05, 4.69) is 23.2 Å². The molecule has 0 spiro atoms. The van der Waals surface area contributed by atoms with Gasteiger partial charge in [0.2, 0.25) is 0 Å². The predicted octanol–water partition coefficient (Wildman–Crippen LogP) is 2.23. The van der Waals surface area contributed by atoms with E-state index < -0.39 is 0 Å². The van der Waals surface area contributed by atoms with E-state index in [1.807, 2.05) is 39.2 Å². The van der Waals surface area contributed by atoms with Gasteiger partial charge < -0.3 is 10.2 Å². The fourth-order valence-electron chi connectivity index (χ4n) is 1.79. The van der Waals surface area contributed by atoms with Crippen LogP contribution in [0.15, 0.2) is 18.2 Å². The molecular formula is C13H19N3. The van der Waals surface area contributed by atoms with Gasteiger partial charge in [0, 0.05) is 12.6 Å². The fourth-order valence-corrected chi connectivity index (χ4v) is 1.79. The molecule has 0 aliphatic carbocycles. The van der Waals surface area contributed by atoms with Gasteiger partial charge in [-0.25, -0.2) is 0 Å². The first-order chi connectivity index (χ1) is 7.54. The van der Waals surface area contributed by atoms with Crippen molar-refractivity contribution in [2.24, 2.45) is 0 Å². The van der Waals surface area contributed by atoms with Crippen LogP contribution in [0.5, 0.6) is 0 Å². The number of aryl methyl sites for hydroxylation is 1. The van der Waals surface area contributed by atoms with Gasteiger partial charge >= 0.3 is 0 Å². The van der Waals surface area contributed by atoms with E-state index in [1.165, 1.54) is 0 Å². The Labute approximate surface area is 97.7 Å². The molecule has 16 heavy (non-hydrogen) atoms. The number of nitriles is 1. The SMILES string of the molecule is Cc1cccc(C#N)c1NC(C)CN(C)C. The summed E-state index contributed by atoms with van der Waals surface area (Å²) in [6.45, 7) is 5.08. The van der Waals surface area contributed by atoms with E-state index in [0.29, 0.717) is 11.6 Å². The minimum atomic E-state index is 0.322. The molecule has 1 rings (SSSR count). The lowest BCUT2D eigenvalue weighted by molar-refractivity contribution is 0.392. The van der Waals surface area contributed by atoms with Crippen LogP contribution < -0.4 is 5.32 Å². The summed E-state index contributed by atoms with van der Waals surface area (Å²) in [7, 11) is 4.09. The van der Waals surface area contributed by atoms with Crippen molar-refractivity contribution in [3.05, 3.63) is 29.3 Å². The molecule has 1 aromatic rings. The molecule has 0 saturated carbocycles. The quantitative estimate of drug-likeness (QED) is 0.840. The van der Waals surface area contributed by atoms with Crippen LogP contribution >= 0.6 is 0 Å². The fraction of sp³-hybridized carbons (Fsp3) is 0.462. The number of likely N-dealkylation sites (N-methyl/N-ethyl adjacent to an activating group) is 1. The largest absolute Gasteiger partial charge is 0.380 e. The molecule has 0 aromatic heterocycles. The van der Waals surface area contributed by atoms with Crippen LogP contribution in [0, 0.1) is 18.3 Å². The summed E-state index contributed by atoms with van der Waals surface area (Å²) >= 11 is 0. The number of hydrogen-bond donors (Lipinski definition) is 1. The third-order valence-electron chi connectivity index (χ3n) is 2.42.